The highest BCUT2D eigenvalue weighted by molar-refractivity contribution is 7.61. The van der Waals surface area contributed by atoms with E-state index in [-0.39, 0.29) is 6.17 Å². The van der Waals surface area contributed by atoms with Gasteiger partial charge in [0.15, 0.2) is 0 Å². The quantitative estimate of drug-likeness (QED) is 0.792. The molecule has 0 amide bonds. The van der Waals surface area contributed by atoms with E-state index in [1.807, 2.05) is 30.3 Å². The van der Waals surface area contributed by atoms with Crippen molar-refractivity contribution in [1.29, 1.82) is 0 Å². The molecule has 5 heteroatoms. The lowest BCUT2D eigenvalue weighted by molar-refractivity contribution is 0.472. The summed E-state index contributed by atoms with van der Waals surface area (Å²) in [6, 6.07) is 9.83. The fraction of sp³-hybridized carbons (Fsp3) is 0.455. The first-order valence-electron chi connectivity index (χ1n) is 5.39. The third-order valence-electron chi connectivity index (χ3n) is 2.77. The average Bonchev–Trinajstić information content (AvgIpc) is 2.30. The molecule has 0 aliphatic carbocycles. The van der Waals surface area contributed by atoms with E-state index >= 15 is 0 Å². The van der Waals surface area contributed by atoms with Gasteiger partial charge in [0, 0.05) is 12.2 Å². The average molecular weight is 238 g/mol. The normalized spacial score (nSPS) is 20.5. The Kier molecular flexibility index (Phi) is 3.56. The van der Waals surface area contributed by atoms with Gasteiger partial charge in [-0.05, 0) is 31.4 Å². The molecule has 0 saturated carbocycles. The van der Waals surface area contributed by atoms with Crippen LogP contribution in [0, 0.1) is 0 Å². The summed E-state index contributed by atoms with van der Waals surface area (Å²) >= 11 is 0. The van der Waals surface area contributed by atoms with Crippen LogP contribution in [0.2, 0.25) is 0 Å². The van der Waals surface area contributed by atoms with E-state index in [4.69, 9.17) is 0 Å². The van der Waals surface area contributed by atoms with Crippen LogP contribution < -0.4 is 4.90 Å². The maximum atomic E-state index is 10.7. The van der Waals surface area contributed by atoms with Crippen molar-refractivity contribution >= 4 is 16.2 Å². The van der Waals surface area contributed by atoms with E-state index in [2.05, 4.69) is 9.26 Å². The lowest BCUT2D eigenvalue weighted by atomic mass is 10.1. The van der Waals surface area contributed by atoms with Crippen molar-refractivity contribution in [3.63, 3.8) is 0 Å². The van der Waals surface area contributed by atoms with Gasteiger partial charge in [0.1, 0.15) is 6.17 Å². The lowest BCUT2D eigenvalue weighted by Gasteiger charge is -2.33. The number of benzene rings is 1. The Labute approximate surface area is 96.6 Å². The summed E-state index contributed by atoms with van der Waals surface area (Å²) in [6.45, 7) is 0.870. The molecule has 1 atom stereocenters. The Morgan fingerprint density at radius 2 is 1.94 bits per heavy atom. The molecule has 1 heterocycles. The van der Waals surface area contributed by atoms with Crippen molar-refractivity contribution in [2.45, 2.75) is 25.4 Å². The van der Waals surface area contributed by atoms with Crippen molar-refractivity contribution in [3.8, 4) is 0 Å². The fourth-order valence-corrected chi connectivity index (χ4v) is 2.46. The van der Waals surface area contributed by atoms with Crippen LogP contribution in [-0.4, -0.2) is 21.1 Å². The van der Waals surface area contributed by atoms with Gasteiger partial charge in [-0.1, -0.05) is 18.2 Å². The Balaban J connectivity index is 2.27. The molecule has 0 spiro atoms. The van der Waals surface area contributed by atoms with Crippen LogP contribution in [0.5, 0.6) is 0 Å². The van der Waals surface area contributed by atoms with Gasteiger partial charge < -0.3 is 4.90 Å². The van der Waals surface area contributed by atoms with E-state index in [0.717, 1.165) is 31.5 Å². The second kappa shape index (κ2) is 5.12. The first-order valence-corrected chi connectivity index (χ1v) is 6.42. The summed E-state index contributed by atoms with van der Waals surface area (Å²) in [5.41, 5.74) is 1.04. The standard InChI is InChI=1S/C11H14N2O2S/c14-16(15)12-11-8-4-5-9-13(11)10-6-2-1-3-7-10/h1-3,6-7,11H,4-5,8-9H2. The molecule has 0 bridgehead atoms. The zero-order chi connectivity index (χ0) is 11.4. The molecule has 1 aromatic carbocycles. The third kappa shape index (κ3) is 2.61. The molecule has 1 aromatic rings. The van der Waals surface area contributed by atoms with Gasteiger partial charge in [-0.2, -0.15) is 8.42 Å². The first kappa shape index (κ1) is 11.1. The van der Waals surface area contributed by atoms with E-state index in [9.17, 15) is 8.42 Å². The second-order valence-electron chi connectivity index (χ2n) is 3.83. The Bertz CT molecular complexity index is 462. The number of rotatable bonds is 2. The van der Waals surface area contributed by atoms with E-state index in [1.54, 1.807) is 0 Å². The minimum Gasteiger partial charge on any atom is -0.349 e. The summed E-state index contributed by atoms with van der Waals surface area (Å²) in [6.07, 6.45) is 2.71. The summed E-state index contributed by atoms with van der Waals surface area (Å²) in [4.78, 5) is 2.05. The van der Waals surface area contributed by atoms with E-state index in [1.165, 1.54) is 0 Å². The summed E-state index contributed by atoms with van der Waals surface area (Å²) in [7, 11) is -2.32. The molecule has 1 aliphatic rings. The smallest absolute Gasteiger partial charge is 0.313 e. The van der Waals surface area contributed by atoms with Crippen LogP contribution >= 0.6 is 0 Å². The van der Waals surface area contributed by atoms with Gasteiger partial charge in [-0.3, -0.25) is 0 Å². The van der Waals surface area contributed by atoms with Crippen LogP contribution in [0.1, 0.15) is 19.3 Å². The van der Waals surface area contributed by atoms with Crippen LogP contribution in [-0.2, 0) is 10.5 Å². The topological polar surface area (TPSA) is 49.7 Å². The molecule has 86 valence electrons. The molecule has 1 saturated heterocycles. The zero-order valence-corrected chi connectivity index (χ0v) is 9.73. The van der Waals surface area contributed by atoms with Gasteiger partial charge in [0.25, 0.3) is 0 Å². The summed E-state index contributed by atoms with van der Waals surface area (Å²) in [5.74, 6) is 0. The van der Waals surface area contributed by atoms with Crippen molar-refractivity contribution in [2.24, 2.45) is 4.36 Å². The number of hydrogen-bond donors (Lipinski definition) is 0. The number of para-hydroxylation sites is 1. The molecule has 1 aliphatic heterocycles. The molecule has 16 heavy (non-hydrogen) atoms. The minimum atomic E-state index is -2.32. The summed E-state index contributed by atoms with van der Waals surface area (Å²) < 4.78 is 25.0. The minimum absolute atomic E-state index is 0.227. The molecule has 0 N–H and O–H groups in total. The lowest BCUT2D eigenvalue weighted by Crippen LogP contribution is -2.38. The largest absolute Gasteiger partial charge is 0.349 e. The van der Waals surface area contributed by atoms with E-state index < -0.39 is 10.5 Å². The highest BCUT2D eigenvalue weighted by Crippen LogP contribution is 2.24. The Hall–Kier alpha value is -1.36. The SMILES string of the molecule is O=S(=O)=NC1CCCCN1c1ccccc1. The van der Waals surface area contributed by atoms with Crippen LogP contribution in [0.4, 0.5) is 5.69 Å². The predicted molar refractivity (Wildman–Crippen MR) is 62.8 cm³/mol. The van der Waals surface area contributed by atoms with Crippen LogP contribution in [0.25, 0.3) is 0 Å². The van der Waals surface area contributed by atoms with Crippen molar-refractivity contribution in [2.75, 3.05) is 11.4 Å². The molecular formula is C11H14N2O2S. The number of piperidine rings is 1. The Morgan fingerprint density at radius 1 is 1.19 bits per heavy atom. The fourth-order valence-electron chi connectivity index (χ4n) is 2.04. The molecule has 4 nitrogen and oxygen atoms in total. The van der Waals surface area contributed by atoms with Gasteiger partial charge >= 0.3 is 10.5 Å². The van der Waals surface area contributed by atoms with Crippen molar-refractivity contribution in [1.82, 2.24) is 0 Å². The summed E-state index contributed by atoms with van der Waals surface area (Å²) in [5, 5.41) is 0. The Morgan fingerprint density at radius 3 is 2.62 bits per heavy atom. The van der Waals surface area contributed by atoms with Gasteiger partial charge in [-0.15, -0.1) is 4.36 Å². The van der Waals surface area contributed by atoms with E-state index in [0.29, 0.717) is 0 Å². The molecule has 2 rings (SSSR count). The molecule has 0 radical (unpaired) electrons. The third-order valence-corrected chi connectivity index (χ3v) is 3.18. The number of nitrogens with zero attached hydrogens (tertiary/aromatic N) is 2. The first-order chi connectivity index (χ1) is 7.77. The molecule has 0 aromatic heterocycles. The molecule has 1 fully saturated rings. The highest BCUT2D eigenvalue weighted by Gasteiger charge is 2.22. The number of hydrogen-bond acceptors (Lipinski definition) is 4. The van der Waals surface area contributed by atoms with Gasteiger partial charge in [0.2, 0.25) is 0 Å². The van der Waals surface area contributed by atoms with Crippen molar-refractivity contribution in [3.05, 3.63) is 30.3 Å². The molecule has 1 unspecified atom stereocenters. The van der Waals surface area contributed by atoms with Gasteiger partial charge in [0.05, 0.1) is 0 Å². The van der Waals surface area contributed by atoms with Gasteiger partial charge in [-0.25, -0.2) is 0 Å². The van der Waals surface area contributed by atoms with Crippen LogP contribution in [0.3, 0.4) is 0 Å². The zero-order valence-electron chi connectivity index (χ0n) is 8.91. The second-order valence-corrected chi connectivity index (χ2v) is 4.47. The monoisotopic (exact) mass is 238 g/mol. The highest BCUT2D eigenvalue weighted by atomic mass is 32.2. The number of anilines is 1. The maximum absolute atomic E-state index is 10.7. The van der Waals surface area contributed by atoms with Crippen LogP contribution in [0.15, 0.2) is 34.7 Å². The maximum Gasteiger partial charge on any atom is 0.313 e. The molecular weight excluding hydrogens is 224 g/mol. The van der Waals surface area contributed by atoms with Crippen molar-refractivity contribution < 1.29 is 8.42 Å². The predicted octanol–water partition coefficient (Wildman–Crippen LogP) is 2.07.